The molecule has 0 radical (unpaired) electrons. The molecule has 2 N–H and O–H groups in total. The summed E-state index contributed by atoms with van der Waals surface area (Å²) in [5, 5.41) is 20.6. The smallest absolute Gasteiger partial charge is 0.238 e. The number of aliphatic hydroxyl groups is 1. The van der Waals surface area contributed by atoms with Crippen molar-refractivity contribution >= 4 is 22.4 Å². The van der Waals surface area contributed by atoms with Crippen LogP contribution in [0.25, 0.3) is 10.8 Å². The van der Waals surface area contributed by atoms with Crippen LogP contribution in [0.4, 0.5) is 5.69 Å². The highest BCUT2D eigenvalue weighted by Crippen LogP contribution is 2.49. The fourth-order valence-electron chi connectivity index (χ4n) is 6.88. The molecule has 1 aliphatic carbocycles. The van der Waals surface area contributed by atoms with Gasteiger partial charge in [-0.3, -0.25) is 14.8 Å². The van der Waals surface area contributed by atoms with Crippen molar-refractivity contribution in [3.8, 4) is 0 Å². The number of aliphatic hydroxyl groups excluding tert-OH is 1. The summed E-state index contributed by atoms with van der Waals surface area (Å²) >= 11 is 0. The minimum atomic E-state index is -0.674. The predicted molar refractivity (Wildman–Crippen MR) is 149 cm³/mol. The molecule has 0 spiro atoms. The molecule has 4 aromatic rings. The van der Waals surface area contributed by atoms with Crippen molar-refractivity contribution in [3.05, 3.63) is 89.5 Å². The predicted octanol–water partition coefficient (Wildman–Crippen LogP) is 5.08. The number of carbonyl (C=O) groups excluding carboxylic acids is 1. The number of hydrogen-bond donors (Lipinski definition) is 2. The molecule has 1 amide bonds. The molecule has 7 rings (SSSR count). The standard InChI is InChI=1S/C29H29N5O2.C2H6/c1-29(16-24-30-17-31-32-24)22-10-2-3-11-23(22)34(28(29)36)19-12-14-33(15-13-19)26-20-8-4-6-18-7-5-9-21(25(18)20)27(26)35;1-2/h2-11,17,19,26-27,35H,12-16H2,1H3,(H,30,31,32);1-2H3. The minimum Gasteiger partial charge on any atom is -0.386 e. The third-order valence-corrected chi connectivity index (χ3v) is 8.60. The van der Waals surface area contributed by atoms with Crippen molar-refractivity contribution < 1.29 is 9.90 Å². The number of para-hydroxylation sites is 1. The first-order chi connectivity index (χ1) is 18.6. The number of rotatable bonds is 4. The maximum absolute atomic E-state index is 14.0. The molecule has 1 aromatic heterocycles. The van der Waals surface area contributed by atoms with E-state index in [2.05, 4.69) is 62.5 Å². The van der Waals surface area contributed by atoms with Gasteiger partial charge in [0, 0.05) is 31.2 Å². The number of hydrogen-bond acceptors (Lipinski definition) is 5. The summed E-state index contributed by atoms with van der Waals surface area (Å²) < 4.78 is 0. The number of nitrogens with zero attached hydrogens (tertiary/aromatic N) is 4. The van der Waals surface area contributed by atoms with Gasteiger partial charge in [-0.2, -0.15) is 5.10 Å². The van der Waals surface area contributed by atoms with Gasteiger partial charge in [0.25, 0.3) is 0 Å². The number of benzene rings is 3. The van der Waals surface area contributed by atoms with Crippen LogP contribution >= 0.6 is 0 Å². The molecule has 7 nitrogen and oxygen atoms in total. The van der Waals surface area contributed by atoms with Gasteiger partial charge in [-0.1, -0.05) is 68.4 Å². The van der Waals surface area contributed by atoms with E-state index < -0.39 is 11.5 Å². The highest BCUT2D eigenvalue weighted by Gasteiger charge is 2.50. The normalized spacial score (nSPS) is 24.9. The van der Waals surface area contributed by atoms with Crippen LogP contribution in [0.1, 0.15) is 68.3 Å². The van der Waals surface area contributed by atoms with Crippen LogP contribution in [0.15, 0.2) is 67.0 Å². The van der Waals surface area contributed by atoms with E-state index >= 15 is 0 Å². The fourth-order valence-corrected chi connectivity index (χ4v) is 6.88. The molecule has 2 aliphatic heterocycles. The quantitative estimate of drug-likeness (QED) is 0.401. The maximum Gasteiger partial charge on any atom is 0.238 e. The lowest BCUT2D eigenvalue weighted by Gasteiger charge is -2.41. The first-order valence-corrected chi connectivity index (χ1v) is 13.8. The van der Waals surface area contributed by atoms with Crippen molar-refractivity contribution in [2.45, 2.75) is 63.6 Å². The Bertz CT molecular complexity index is 1460. The molecule has 0 saturated carbocycles. The third-order valence-electron chi connectivity index (χ3n) is 8.60. The third kappa shape index (κ3) is 3.68. The van der Waals surface area contributed by atoms with Gasteiger partial charge >= 0.3 is 0 Å². The SMILES string of the molecule is CC.CC1(Cc2ncn[nH]2)C(=O)N(C2CCN(C3c4cccc5cccc(c45)C3O)CC2)c2ccccc21. The van der Waals surface area contributed by atoms with Crippen LogP contribution in [0.3, 0.4) is 0 Å². The van der Waals surface area contributed by atoms with Gasteiger partial charge in [-0.05, 0) is 53.3 Å². The second-order valence-corrected chi connectivity index (χ2v) is 10.6. The van der Waals surface area contributed by atoms with E-state index in [4.69, 9.17) is 0 Å². The Morgan fingerprint density at radius 2 is 1.71 bits per heavy atom. The lowest BCUT2D eigenvalue weighted by molar-refractivity contribution is -0.123. The molecule has 3 heterocycles. The number of amides is 1. The van der Waals surface area contributed by atoms with Crippen molar-refractivity contribution in [3.63, 3.8) is 0 Å². The van der Waals surface area contributed by atoms with E-state index in [9.17, 15) is 9.90 Å². The molecule has 3 unspecified atom stereocenters. The van der Waals surface area contributed by atoms with Crippen molar-refractivity contribution in [2.75, 3.05) is 18.0 Å². The number of carbonyl (C=O) groups is 1. The Labute approximate surface area is 223 Å². The van der Waals surface area contributed by atoms with E-state index in [1.807, 2.05) is 43.9 Å². The van der Waals surface area contributed by atoms with Gasteiger partial charge in [0.05, 0.1) is 17.6 Å². The monoisotopic (exact) mass is 509 g/mol. The number of piperidine rings is 1. The zero-order valence-corrected chi connectivity index (χ0v) is 22.3. The summed E-state index contributed by atoms with van der Waals surface area (Å²) in [4.78, 5) is 22.7. The molecule has 196 valence electrons. The van der Waals surface area contributed by atoms with Crippen LogP contribution in [0.5, 0.6) is 0 Å². The molecule has 0 bridgehead atoms. The minimum absolute atomic E-state index is 0.0367. The molecular formula is C31H35N5O2. The van der Waals surface area contributed by atoms with E-state index in [0.29, 0.717) is 6.42 Å². The Balaban J connectivity index is 0.00000129. The van der Waals surface area contributed by atoms with Crippen LogP contribution in [-0.4, -0.2) is 50.2 Å². The van der Waals surface area contributed by atoms with Gasteiger partial charge < -0.3 is 10.0 Å². The lowest BCUT2D eigenvalue weighted by Crippen LogP contribution is -2.50. The first kappa shape index (κ1) is 24.8. The highest BCUT2D eigenvalue weighted by molar-refractivity contribution is 6.08. The highest BCUT2D eigenvalue weighted by atomic mass is 16.3. The number of H-pyrrole nitrogens is 1. The molecule has 3 atom stereocenters. The molecule has 38 heavy (non-hydrogen) atoms. The molecule has 7 heteroatoms. The second-order valence-electron chi connectivity index (χ2n) is 10.6. The van der Waals surface area contributed by atoms with Crippen molar-refractivity contribution in [1.29, 1.82) is 0 Å². The van der Waals surface area contributed by atoms with Gasteiger partial charge in [0.15, 0.2) is 0 Å². The Kier molecular flexibility index (Phi) is 6.28. The van der Waals surface area contributed by atoms with Gasteiger partial charge in [-0.25, -0.2) is 4.98 Å². The zero-order chi connectivity index (χ0) is 26.4. The molecular weight excluding hydrogens is 474 g/mol. The number of aromatic amines is 1. The van der Waals surface area contributed by atoms with E-state index in [1.54, 1.807) is 0 Å². The Hall–Kier alpha value is -3.55. The number of aromatic nitrogens is 3. The van der Waals surface area contributed by atoms with Crippen LogP contribution in [-0.2, 0) is 16.6 Å². The first-order valence-electron chi connectivity index (χ1n) is 13.8. The maximum atomic E-state index is 14.0. The number of anilines is 1. The molecule has 3 aromatic carbocycles. The molecule has 3 aliphatic rings. The molecule has 1 fully saturated rings. The number of fused-ring (bicyclic) bond motifs is 1. The van der Waals surface area contributed by atoms with Crippen molar-refractivity contribution in [1.82, 2.24) is 20.1 Å². The van der Waals surface area contributed by atoms with E-state index in [1.165, 1.54) is 22.7 Å². The summed E-state index contributed by atoms with van der Waals surface area (Å²) in [5.74, 6) is 0.859. The van der Waals surface area contributed by atoms with E-state index in [0.717, 1.165) is 48.6 Å². The number of nitrogens with one attached hydrogen (secondary N) is 1. The topological polar surface area (TPSA) is 85.4 Å². The zero-order valence-electron chi connectivity index (χ0n) is 22.3. The summed E-state index contributed by atoms with van der Waals surface area (Å²) in [5.41, 5.74) is 3.65. The summed E-state index contributed by atoms with van der Waals surface area (Å²) in [7, 11) is 0. The molecule has 1 saturated heterocycles. The van der Waals surface area contributed by atoms with Crippen LogP contribution < -0.4 is 4.90 Å². The average Bonchev–Trinajstić information content (AvgIpc) is 3.63. The average molecular weight is 510 g/mol. The fraction of sp³-hybridized carbons (Fsp3) is 0.387. The van der Waals surface area contributed by atoms with Crippen LogP contribution in [0, 0.1) is 0 Å². The van der Waals surface area contributed by atoms with E-state index in [-0.39, 0.29) is 18.0 Å². The van der Waals surface area contributed by atoms with Crippen LogP contribution in [0.2, 0.25) is 0 Å². The second kappa shape index (κ2) is 9.64. The van der Waals surface area contributed by atoms with Gasteiger partial charge in [-0.15, -0.1) is 0 Å². The van der Waals surface area contributed by atoms with Crippen molar-refractivity contribution in [2.24, 2.45) is 0 Å². The summed E-state index contributed by atoms with van der Waals surface area (Å²) in [6, 6.07) is 20.8. The Morgan fingerprint density at radius 1 is 1.00 bits per heavy atom. The largest absolute Gasteiger partial charge is 0.386 e. The summed E-state index contributed by atoms with van der Waals surface area (Å²) in [6.07, 6.45) is 3.20. The van der Waals surface area contributed by atoms with Gasteiger partial charge in [0.1, 0.15) is 12.2 Å². The number of likely N-dealkylation sites (tertiary alicyclic amines) is 1. The van der Waals surface area contributed by atoms with Gasteiger partial charge in [0.2, 0.25) is 5.91 Å². The summed E-state index contributed by atoms with van der Waals surface area (Å²) in [6.45, 7) is 7.70. The lowest BCUT2D eigenvalue weighted by atomic mass is 9.80. The Morgan fingerprint density at radius 3 is 2.42 bits per heavy atom.